The van der Waals surface area contributed by atoms with Crippen LogP contribution in [0.4, 0.5) is 0 Å². The molecule has 0 amide bonds. The predicted octanol–water partition coefficient (Wildman–Crippen LogP) is 1.99. The molecule has 0 fully saturated rings. The van der Waals surface area contributed by atoms with E-state index in [0.717, 1.165) is 5.56 Å². The fourth-order valence-electron chi connectivity index (χ4n) is 2.63. The topological polar surface area (TPSA) is 124 Å². The van der Waals surface area contributed by atoms with Crippen LogP contribution in [0, 0.1) is 0 Å². The summed E-state index contributed by atoms with van der Waals surface area (Å²) >= 11 is 0. The van der Waals surface area contributed by atoms with Gasteiger partial charge in [0, 0.05) is 27.8 Å². The summed E-state index contributed by atoms with van der Waals surface area (Å²) in [6, 6.07) is 12.5. The minimum absolute atomic E-state index is 0.0750. The lowest BCUT2D eigenvalue weighted by atomic mass is 9.81. The lowest BCUT2D eigenvalue weighted by Crippen LogP contribution is -2.33. The highest BCUT2D eigenvalue weighted by molar-refractivity contribution is 7.45. The fraction of sp³-hybridized carbons (Fsp3) is 0.222. The van der Waals surface area contributed by atoms with Crippen molar-refractivity contribution in [1.29, 1.82) is 0 Å². The van der Waals surface area contributed by atoms with Crippen LogP contribution in [0.25, 0.3) is 0 Å². The van der Waals surface area contributed by atoms with Crippen molar-refractivity contribution < 1.29 is 28.8 Å². The number of nitrogens with one attached hydrogen (secondary N) is 1. The third-order valence-electron chi connectivity index (χ3n) is 4.27. The summed E-state index contributed by atoms with van der Waals surface area (Å²) in [4.78, 5) is 46.7. The van der Waals surface area contributed by atoms with Crippen molar-refractivity contribution in [3.05, 3.63) is 70.3 Å². The zero-order valence-corrected chi connectivity index (χ0v) is 15.4. The molecule has 0 bridgehead atoms. The van der Waals surface area contributed by atoms with E-state index in [4.69, 9.17) is 19.2 Å². The first-order valence-electron chi connectivity index (χ1n) is 7.76. The fourth-order valence-corrected chi connectivity index (χ4v) is 2.63. The minimum Gasteiger partial charge on any atom is -0.311 e. The maximum Gasteiger partial charge on any atom is 0.466 e. The van der Waals surface area contributed by atoms with Crippen molar-refractivity contribution in [1.82, 2.24) is 5.32 Å². The van der Waals surface area contributed by atoms with Crippen LogP contribution in [0.1, 0.15) is 51.3 Å². The standard InChI is InChI=1S/C18H17NO2.H3O4P/c1-18(2,19-3)11-8-9-14-15(10-11)17(21)13-7-5-4-6-12(13)16(14)20;1-5(2,3)4/h4-10,19H,1-3H3;(H3,1,2,3,4). The molecule has 2 aromatic carbocycles. The summed E-state index contributed by atoms with van der Waals surface area (Å²) < 4.78 is 8.88. The molecule has 0 heterocycles. The Morgan fingerprint density at radius 2 is 1.27 bits per heavy atom. The normalized spacial score (nSPS) is 13.5. The van der Waals surface area contributed by atoms with Gasteiger partial charge in [-0.2, -0.15) is 0 Å². The smallest absolute Gasteiger partial charge is 0.311 e. The van der Waals surface area contributed by atoms with Gasteiger partial charge in [-0.25, -0.2) is 4.57 Å². The van der Waals surface area contributed by atoms with Crippen molar-refractivity contribution in [3.8, 4) is 0 Å². The number of rotatable bonds is 2. The highest BCUT2D eigenvalue weighted by Gasteiger charge is 2.30. The van der Waals surface area contributed by atoms with E-state index < -0.39 is 7.82 Å². The summed E-state index contributed by atoms with van der Waals surface area (Å²) in [5, 5.41) is 3.21. The second-order valence-corrected chi connectivity index (χ2v) is 7.38. The molecular formula is C18H20NO6P. The van der Waals surface area contributed by atoms with Gasteiger partial charge in [0.1, 0.15) is 0 Å². The summed E-state index contributed by atoms with van der Waals surface area (Å²) in [6.45, 7) is 4.08. The number of hydrogen-bond donors (Lipinski definition) is 4. The quantitative estimate of drug-likeness (QED) is 0.504. The first-order chi connectivity index (χ1) is 12.0. The van der Waals surface area contributed by atoms with Crippen molar-refractivity contribution in [2.75, 3.05) is 7.05 Å². The van der Waals surface area contributed by atoms with Crippen LogP contribution < -0.4 is 5.32 Å². The van der Waals surface area contributed by atoms with E-state index >= 15 is 0 Å². The molecule has 0 aromatic heterocycles. The predicted molar refractivity (Wildman–Crippen MR) is 96.1 cm³/mol. The maximum atomic E-state index is 12.6. The van der Waals surface area contributed by atoms with Gasteiger partial charge in [0.25, 0.3) is 0 Å². The zero-order valence-electron chi connectivity index (χ0n) is 14.6. The number of carbonyl (C=O) groups is 2. The summed E-state index contributed by atoms with van der Waals surface area (Å²) in [5.74, 6) is -0.150. The lowest BCUT2D eigenvalue weighted by molar-refractivity contribution is 0.0979. The Morgan fingerprint density at radius 1 is 0.846 bits per heavy atom. The number of hydrogen-bond acceptors (Lipinski definition) is 4. The molecular weight excluding hydrogens is 357 g/mol. The number of carbonyl (C=O) groups excluding carboxylic acids is 2. The molecule has 0 saturated carbocycles. The van der Waals surface area contributed by atoms with Crippen molar-refractivity contribution in [2.24, 2.45) is 0 Å². The van der Waals surface area contributed by atoms with Crippen LogP contribution in [-0.4, -0.2) is 33.3 Å². The van der Waals surface area contributed by atoms with Gasteiger partial charge in [0.2, 0.25) is 0 Å². The lowest BCUT2D eigenvalue weighted by Gasteiger charge is -2.26. The van der Waals surface area contributed by atoms with Gasteiger partial charge >= 0.3 is 7.82 Å². The van der Waals surface area contributed by atoms with Crippen LogP contribution in [-0.2, 0) is 10.1 Å². The number of benzene rings is 2. The second kappa shape index (κ2) is 7.23. The number of fused-ring (bicyclic) bond motifs is 2. The minimum atomic E-state index is -4.64. The third kappa shape index (κ3) is 4.33. The Kier molecular flexibility index (Phi) is 5.61. The van der Waals surface area contributed by atoms with Gasteiger partial charge in [0.15, 0.2) is 11.6 Å². The van der Waals surface area contributed by atoms with Gasteiger partial charge in [-0.3, -0.25) is 9.59 Å². The van der Waals surface area contributed by atoms with Gasteiger partial charge in [-0.15, -0.1) is 0 Å². The van der Waals surface area contributed by atoms with E-state index in [1.54, 1.807) is 30.3 Å². The molecule has 0 aliphatic heterocycles. The first kappa shape index (κ1) is 20.2. The molecule has 2 aromatic rings. The second-order valence-electron chi connectivity index (χ2n) is 6.35. The highest BCUT2D eigenvalue weighted by Crippen LogP contribution is 2.30. The monoisotopic (exact) mass is 377 g/mol. The summed E-state index contributed by atoms with van der Waals surface area (Å²) in [7, 11) is -2.76. The van der Waals surface area contributed by atoms with Crippen LogP contribution in [0.5, 0.6) is 0 Å². The molecule has 3 rings (SSSR count). The van der Waals surface area contributed by atoms with Crippen molar-refractivity contribution in [2.45, 2.75) is 19.4 Å². The van der Waals surface area contributed by atoms with E-state index in [1.165, 1.54) is 0 Å². The number of phosphoric acid groups is 1. The molecule has 1 aliphatic rings. The molecule has 0 atom stereocenters. The number of ketones is 2. The van der Waals surface area contributed by atoms with Gasteiger partial charge in [-0.05, 0) is 38.6 Å². The molecule has 0 radical (unpaired) electrons. The Bertz CT molecular complexity index is 907. The third-order valence-corrected chi connectivity index (χ3v) is 4.27. The van der Waals surface area contributed by atoms with E-state index in [-0.39, 0.29) is 17.1 Å². The van der Waals surface area contributed by atoms with Gasteiger partial charge in [-0.1, -0.05) is 30.3 Å². The Morgan fingerprint density at radius 3 is 1.73 bits per heavy atom. The zero-order chi connectivity index (χ0) is 19.7. The summed E-state index contributed by atoms with van der Waals surface area (Å²) in [5.41, 5.74) is 2.72. The highest BCUT2D eigenvalue weighted by atomic mass is 31.2. The van der Waals surface area contributed by atoms with Gasteiger partial charge in [0.05, 0.1) is 0 Å². The van der Waals surface area contributed by atoms with E-state index in [2.05, 4.69) is 5.32 Å². The summed E-state index contributed by atoms with van der Waals surface area (Å²) in [6.07, 6.45) is 0. The molecule has 0 saturated heterocycles. The van der Waals surface area contributed by atoms with Gasteiger partial charge < -0.3 is 20.0 Å². The average Bonchev–Trinajstić information content (AvgIpc) is 2.57. The SMILES string of the molecule is CNC(C)(C)c1ccc2c(c1)C(=O)c1ccccc1C2=O.O=P(O)(O)O. The van der Waals surface area contributed by atoms with Crippen LogP contribution in [0.2, 0.25) is 0 Å². The Labute approximate surface area is 150 Å². The van der Waals surface area contributed by atoms with E-state index in [0.29, 0.717) is 22.3 Å². The van der Waals surface area contributed by atoms with Crippen molar-refractivity contribution in [3.63, 3.8) is 0 Å². The molecule has 138 valence electrons. The Balaban J connectivity index is 0.000000431. The molecule has 7 nitrogen and oxygen atoms in total. The van der Waals surface area contributed by atoms with Crippen molar-refractivity contribution >= 4 is 19.4 Å². The van der Waals surface area contributed by atoms with Crippen LogP contribution >= 0.6 is 7.82 Å². The van der Waals surface area contributed by atoms with Crippen LogP contribution in [0.15, 0.2) is 42.5 Å². The molecule has 1 aliphatic carbocycles. The molecule has 4 N–H and O–H groups in total. The first-order valence-corrected chi connectivity index (χ1v) is 9.32. The van der Waals surface area contributed by atoms with E-state index in [9.17, 15) is 9.59 Å². The van der Waals surface area contributed by atoms with Crippen LogP contribution in [0.3, 0.4) is 0 Å². The molecule has 0 spiro atoms. The molecule has 8 heteroatoms. The molecule has 0 unspecified atom stereocenters. The Hall–Kier alpha value is -2.15. The maximum absolute atomic E-state index is 12.6. The average molecular weight is 377 g/mol. The largest absolute Gasteiger partial charge is 0.466 e. The molecule has 26 heavy (non-hydrogen) atoms. The van der Waals surface area contributed by atoms with E-state index in [1.807, 2.05) is 33.0 Å².